The summed E-state index contributed by atoms with van der Waals surface area (Å²) in [6, 6.07) is 0. The fourth-order valence-corrected chi connectivity index (χ4v) is 4.72. The molecule has 0 aromatic rings. The molecule has 3 atom stereocenters. The number of aliphatic hydroxyl groups is 2. The van der Waals surface area contributed by atoms with Crippen molar-refractivity contribution in [3.8, 4) is 0 Å². The molecule has 1 aliphatic heterocycles. The highest BCUT2D eigenvalue weighted by Gasteiger charge is 2.41. The van der Waals surface area contributed by atoms with Crippen molar-refractivity contribution in [1.29, 1.82) is 0 Å². The van der Waals surface area contributed by atoms with Crippen LogP contribution in [0.15, 0.2) is 0 Å². The Morgan fingerprint density at radius 3 is 1.64 bits per heavy atom. The maximum atomic E-state index is 10.9. The van der Waals surface area contributed by atoms with Gasteiger partial charge in [0.1, 0.15) is 12.0 Å². The van der Waals surface area contributed by atoms with E-state index in [1.807, 2.05) is 0 Å². The summed E-state index contributed by atoms with van der Waals surface area (Å²) in [7, 11) is 0. The van der Waals surface area contributed by atoms with Gasteiger partial charge >= 0.3 is 0 Å². The molecule has 0 aromatic carbocycles. The molecule has 1 aliphatic carbocycles. The van der Waals surface area contributed by atoms with Gasteiger partial charge in [-0.1, -0.05) is 83.5 Å². The molecule has 3 unspecified atom stereocenters. The van der Waals surface area contributed by atoms with Gasteiger partial charge in [-0.25, -0.2) is 0 Å². The van der Waals surface area contributed by atoms with E-state index >= 15 is 0 Å². The fourth-order valence-electron chi connectivity index (χ4n) is 4.72. The minimum atomic E-state index is -1.23. The summed E-state index contributed by atoms with van der Waals surface area (Å²) in [5, 5.41) is 32.5. The molecule has 4 heteroatoms. The maximum absolute atomic E-state index is 10.9. The summed E-state index contributed by atoms with van der Waals surface area (Å²) >= 11 is 0. The van der Waals surface area contributed by atoms with E-state index in [4.69, 9.17) is 0 Å². The lowest BCUT2D eigenvalue weighted by molar-refractivity contribution is -0.333. The van der Waals surface area contributed by atoms with E-state index in [1.54, 1.807) is 0 Å². The SMILES string of the molecule is OC1CCCCCCCCCCCCCCC2CCCC(O)(C2)N1O. The quantitative estimate of drug-likeness (QED) is 0.548. The standard InChI is InChI=1S/C21H41NO3/c23-20-16-12-10-8-6-4-2-1-3-5-7-9-11-14-19-15-13-17-21(24,18-19)22(20)25/h19-20,23-25H,1-18H2. The molecule has 1 saturated carbocycles. The molecule has 2 fully saturated rings. The van der Waals surface area contributed by atoms with Crippen molar-refractivity contribution < 1.29 is 15.4 Å². The third kappa shape index (κ3) is 7.54. The van der Waals surface area contributed by atoms with Gasteiger partial charge in [0.05, 0.1) is 0 Å². The van der Waals surface area contributed by atoms with Crippen LogP contribution in [0.25, 0.3) is 0 Å². The summed E-state index contributed by atoms with van der Waals surface area (Å²) < 4.78 is 0. The van der Waals surface area contributed by atoms with Crippen molar-refractivity contribution in [2.45, 2.75) is 128 Å². The second-order valence-corrected chi connectivity index (χ2v) is 8.59. The van der Waals surface area contributed by atoms with E-state index < -0.39 is 12.0 Å². The lowest BCUT2D eigenvalue weighted by Crippen LogP contribution is -2.54. The zero-order valence-electron chi connectivity index (χ0n) is 16.2. The molecular formula is C21H41NO3. The number of fused-ring (bicyclic) bond motifs is 2. The van der Waals surface area contributed by atoms with Crippen molar-refractivity contribution in [3.63, 3.8) is 0 Å². The highest BCUT2D eigenvalue weighted by atomic mass is 16.6. The van der Waals surface area contributed by atoms with Gasteiger partial charge in [-0.05, 0) is 38.0 Å². The summed E-state index contributed by atoms with van der Waals surface area (Å²) in [5.74, 6) is 0.475. The monoisotopic (exact) mass is 355 g/mol. The van der Waals surface area contributed by atoms with Crippen LogP contribution in [0.4, 0.5) is 0 Å². The van der Waals surface area contributed by atoms with Crippen molar-refractivity contribution >= 4 is 0 Å². The minimum absolute atomic E-state index is 0.475. The van der Waals surface area contributed by atoms with Crippen LogP contribution in [-0.2, 0) is 0 Å². The normalized spacial score (nSPS) is 36.1. The summed E-state index contributed by atoms with van der Waals surface area (Å²) in [5.41, 5.74) is -1.23. The van der Waals surface area contributed by atoms with Gasteiger partial charge in [0.2, 0.25) is 0 Å². The van der Waals surface area contributed by atoms with Gasteiger partial charge in [-0.3, -0.25) is 0 Å². The first kappa shape index (κ1) is 21.1. The Labute approximate surface area is 154 Å². The molecule has 1 saturated heterocycles. The van der Waals surface area contributed by atoms with Crippen molar-refractivity contribution in [2.75, 3.05) is 0 Å². The molecule has 3 N–H and O–H groups in total. The van der Waals surface area contributed by atoms with Crippen LogP contribution < -0.4 is 0 Å². The largest absolute Gasteiger partial charge is 0.376 e. The number of hydroxylamine groups is 2. The van der Waals surface area contributed by atoms with Crippen LogP contribution in [0.2, 0.25) is 0 Å². The Morgan fingerprint density at radius 2 is 1.08 bits per heavy atom. The minimum Gasteiger partial charge on any atom is -0.376 e. The van der Waals surface area contributed by atoms with Crippen molar-refractivity contribution in [3.05, 3.63) is 0 Å². The van der Waals surface area contributed by atoms with Gasteiger partial charge in [0.15, 0.2) is 0 Å². The Kier molecular flexibility index (Phi) is 9.75. The second kappa shape index (κ2) is 11.5. The molecule has 1 heterocycles. The van der Waals surface area contributed by atoms with E-state index in [9.17, 15) is 15.4 Å². The zero-order valence-corrected chi connectivity index (χ0v) is 16.2. The van der Waals surface area contributed by atoms with Gasteiger partial charge in [0, 0.05) is 0 Å². The molecule has 2 bridgehead atoms. The first-order valence-corrected chi connectivity index (χ1v) is 11.0. The number of hydrogen-bond acceptors (Lipinski definition) is 4. The number of rotatable bonds is 0. The zero-order chi connectivity index (χ0) is 18.0. The van der Waals surface area contributed by atoms with Crippen LogP contribution in [0, 0.1) is 5.92 Å². The molecule has 0 aromatic heterocycles. The highest BCUT2D eigenvalue weighted by molar-refractivity contribution is 4.84. The predicted octanol–water partition coefficient (Wildman–Crippen LogP) is 5.35. The first-order chi connectivity index (χ1) is 12.1. The van der Waals surface area contributed by atoms with Gasteiger partial charge in [-0.2, -0.15) is 0 Å². The molecule has 2 rings (SSSR count). The molecule has 2 aliphatic rings. The number of aliphatic hydroxyl groups excluding tert-OH is 1. The lowest BCUT2D eigenvalue weighted by atomic mass is 9.80. The van der Waals surface area contributed by atoms with Crippen molar-refractivity contribution in [2.24, 2.45) is 5.92 Å². The fraction of sp³-hybridized carbons (Fsp3) is 1.00. The van der Waals surface area contributed by atoms with E-state index in [2.05, 4.69) is 0 Å². The van der Waals surface area contributed by atoms with Gasteiger partial charge < -0.3 is 15.4 Å². The van der Waals surface area contributed by atoms with E-state index in [1.165, 1.54) is 64.2 Å². The highest BCUT2D eigenvalue weighted by Crippen LogP contribution is 2.38. The number of nitrogens with zero attached hydrogens (tertiary/aromatic N) is 1. The van der Waals surface area contributed by atoms with Crippen LogP contribution in [0.1, 0.15) is 116 Å². The third-order valence-electron chi connectivity index (χ3n) is 6.34. The molecular weight excluding hydrogens is 314 g/mol. The third-order valence-corrected chi connectivity index (χ3v) is 6.34. The Hall–Kier alpha value is -0.160. The molecule has 0 amide bonds. The predicted molar refractivity (Wildman–Crippen MR) is 101 cm³/mol. The van der Waals surface area contributed by atoms with Crippen LogP contribution in [-0.4, -0.2) is 32.4 Å². The lowest BCUT2D eigenvalue weighted by Gasteiger charge is -2.43. The Morgan fingerprint density at radius 1 is 0.640 bits per heavy atom. The second-order valence-electron chi connectivity index (χ2n) is 8.59. The van der Waals surface area contributed by atoms with Crippen molar-refractivity contribution in [1.82, 2.24) is 5.06 Å². The van der Waals surface area contributed by atoms with E-state index in [-0.39, 0.29) is 0 Å². The molecule has 148 valence electrons. The average Bonchev–Trinajstić information content (AvgIpc) is 2.60. The van der Waals surface area contributed by atoms with E-state index in [0.717, 1.165) is 37.2 Å². The molecule has 0 spiro atoms. The van der Waals surface area contributed by atoms with Crippen LogP contribution in [0.3, 0.4) is 0 Å². The summed E-state index contributed by atoms with van der Waals surface area (Å²) in [4.78, 5) is 0. The van der Waals surface area contributed by atoms with E-state index in [0.29, 0.717) is 25.2 Å². The molecule has 0 radical (unpaired) electrons. The maximum Gasteiger partial charge on any atom is 0.143 e. The Balaban J connectivity index is 1.86. The molecule has 4 nitrogen and oxygen atoms in total. The topological polar surface area (TPSA) is 63.9 Å². The molecule has 25 heavy (non-hydrogen) atoms. The number of hydrogen-bond donors (Lipinski definition) is 3. The van der Waals surface area contributed by atoms with Gasteiger partial charge in [-0.15, -0.1) is 5.06 Å². The summed E-state index contributed by atoms with van der Waals surface area (Å²) in [6.45, 7) is 0. The average molecular weight is 356 g/mol. The summed E-state index contributed by atoms with van der Waals surface area (Å²) in [6.07, 6.45) is 19.2. The Bertz CT molecular complexity index is 338. The van der Waals surface area contributed by atoms with Crippen LogP contribution in [0.5, 0.6) is 0 Å². The smallest absolute Gasteiger partial charge is 0.143 e. The first-order valence-electron chi connectivity index (χ1n) is 11.0. The van der Waals surface area contributed by atoms with Crippen LogP contribution >= 0.6 is 0 Å². The van der Waals surface area contributed by atoms with Gasteiger partial charge in [0.25, 0.3) is 0 Å².